The van der Waals surface area contributed by atoms with Crippen molar-refractivity contribution in [2.45, 2.75) is 32.7 Å². The van der Waals surface area contributed by atoms with E-state index in [1.165, 1.54) is 0 Å². The smallest absolute Gasteiger partial charge is 0.229 e. The van der Waals surface area contributed by atoms with E-state index in [0.29, 0.717) is 18.0 Å². The van der Waals surface area contributed by atoms with Gasteiger partial charge in [-0.1, -0.05) is 6.07 Å². The molecule has 2 aromatic rings. The Labute approximate surface area is 165 Å². The summed E-state index contributed by atoms with van der Waals surface area (Å²) in [5.41, 5.74) is 2.21. The Kier molecular flexibility index (Phi) is 5.02. The largest absolute Gasteiger partial charge is 0.493 e. The summed E-state index contributed by atoms with van der Waals surface area (Å²) < 4.78 is 12.5. The van der Waals surface area contributed by atoms with Crippen molar-refractivity contribution in [3.8, 4) is 11.5 Å². The molecule has 1 amide bonds. The maximum absolute atomic E-state index is 12.9. The third-order valence-corrected chi connectivity index (χ3v) is 6.15. The topological polar surface area (TPSA) is 77.4 Å². The number of anilines is 1. The molecule has 150 valence electrons. The van der Waals surface area contributed by atoms with Crippen LogP contribution in [0.25, 0.3) is 0 Å². The average Bonchev–Trinajstić information content (AvgIpc) is 3.31. The highest BCUT2D eigenvalue weighted by Gasteiger charge is 2.57. The van der Waals surface area contributed by atoms with E-state index in [9.17, 15) is 4.79 Å². The third kappa shape index (κ3) is 3.46. The van der Waals surface area contributed by atoms with Crippen LogP contribution in [0.1, 0.15) is 30.4 Å². The van der Waals surface area contributed by atoms with E-state index in [0.717, 1.165) is 49.3 Å². The predicted octanol–water partition coefficient (Wildman–Crippen LogP) is 2.59. The Morgan fingerprint density at radius 3 is 2.75 bits per heavy atom. The lowest BCUT2D eigenvalue weighted by Crippen LogP contribution is -2.32. The van der Waals surface area contributed by atoms with Crippen molar-refractivity contribution in [3.05, 3.63) is 35.5 Å². The molecule has 4 rings (SSSR count). The molecule has 1 aromatic carbocycles. The molecule has 2 heterocycles. The minimum Gasteiger partial charge on any atom is -0.493 e. The maximum Gasteiger partial charge on any atom is 0.229 e. The number of carbonyl (C=O) groups is 1. The van der Waals surface area contributed by atoms with Gasteiger partial charge in [0.1, 0.15) is 5.82 Å². The number of hydrogen-bond donors (Lipinski definition) is 2. The fraction of sp³-hybridized carbons (Fsp3) is 0.524. The van der Waals surface area contributed by atoms with Crippen LogP contribution in [0, 0.1) is 18.3 Å². The quantitative estimate of drug-likeness (QED) is 0.801. The Morgan fingerprint density at radius 2 is 2.04 bits per heavy atom. The predicted molar refractivity (Wildman–Crippen MR) is 107 cm³/mol. The lowest BCUT2D eigenvalue weighted by atomic mass is 9.92. The molecular weight excluding hydrogens is 356 g/mol. The number of carbonyl (C=O) groups excluding carboxylic acids is 1. The van der Waals surface area contributed by atoms with Crippen LogP contribution < -0.4 is 20.1 Å². The number of nitrogens with one attached hydrogen (secondary N) is 2. The van der Waals surface area contributed by atoms with Crippen molar-refractivity contribution in [2.24, 2.45) is 11.3 Å². The first-order valence-corrected chi connectivity index (χ1v) is 9.81. The number of aromatic nitrogens is 2. The summed E-state index contributed by atoms with van der Waals surface area (Å²) in [6, 6.07) is 5.80. The van der Waals surface area contributed by atoms with Gasteiger partial charge in [0, 0.05) is 11.5 Å². The SMILES string of the molecule is COc1ccc(Cn2ncc(C)c2NC(=O)C2CC23CCNCC3)cc1OC. The molecular formula is C21H28N4O3. The summed E-state index contributed by atoms with van der Waals surface area (Å²) in [4.78, 5) is 12.9. The molecule has 0 radical (unpaired) electrons. The van der Waals surface area contributed by atoms with Crippen LogP contribution in [-0.4, -0.2) is 43.0 Å². The zero-order chi connectivity index (χ0) is 19.7. The number of nitrogens with zero attached hydrogens (tertiary/aromatic N) is 2. The fourth-order valence-electron chi connectivity index (χ4n) is 4.31. The lowest BCUT2D eigenvalue weighted by molar-refractivity contribution is -0.118. The van der Waals surface area contributed by atoms with Gasteiger partial charge in [-0.15, -0.1) is 0 Å². The molecule has 1 spiro atoms. The van der Waals surface area contributed by atoms with Gasteiger partial charge in [-0.3, -0.25) is 4.79 Å². The zero-order valence-corrected chi connectivity index (χ0v) is 16.7. The minimum atomic E-state index is 0.124. The number of rotatable bonds is 6. The highest BCUT2D eigenvalue weighted by Crippen LogP contribution is 2.58. The summed E-state index contributed by atoms with van der Waals surface area (Å²) in [7, 11) is 3.24. The van der Waals surface area contributed by atoms with Crippen molar-refractivity contribution >= 4 is 11.7 Å². The number of ether oxygens (including phenoxy) is 2. The molecule has 1 aliphatic carbocycles. The Hall–Kier alpha value is -2.54. The van der Waals surface area contributed by atoms with Crippen molar-refractivity contribution < 1.29 is 14.3 Å². The molecule has 1 unspecified atom stereocenters. The molecule has 2 aliphatic rings. The highest BCUT2D eigenvalue weighted by molar-refractivity contribution is 5.95. The number of amides is 1. The van der Waals surface area contributed by atoms with Gasteiger partial charge in [0.25, 0.3) is 0 Å². The van der Waals surface area contributed by atoms with E-state index in [-0.39, 0.29) is 17.2 Å². The second kappa shape index (κ2) is 7.47. The summed E-state index contributed by atoms with van der Waals surface area (Å²) in [6.45, 7) is 4.55. The summed E-state index contributed by atoms with van der Waals surface area (Å²) in [6.07, 6.45) is 4.98. The highest BCUT2D eigenvalue weighted by atomic mass is 16.5. The Morgan fingerprint density at radius 1 is 1.29 bits per heavy atom. The molecule has 28 heavy (non-hydrogen) atoms. The molecule has 1 atom stereocenters. The van der Waals surface area contributed by atoms with Crippen LogP contribution in [0.15, 0.2) is 24.4 Å². The first-order valence-electron chi connectivity index (χ1n) is 9.81. The number of piperidine rings is 1. The third-order valence-electron chi connectivity index (χ3n) is 6.15. The Balaban J connectivity index is 1.48. The number of benzene rings is 1. The van der Waals surface area contributed by atoms with Crippen LogP contribution in [-0.2, 0) is 11.3 Å². The van der Waals surface area contributed by atoms with E-state index in [2.05, 4.69) is 15.7 Å². The van der Waals surface area contributed by atoms with E-state index in [1.807, 2.05) is 29.8 Å². The van der Waals surface area contributed by atoms with Gasteiger partial charge in [0.15, 0.2) is 11.5 Å². The molecule has 2 fully saturated rings. The van der Waals surface area contributed by atoms with Gasteiger partial charge in [0.05, 0.1) is 27.0 Å². The number of hydrogen-bond acceptors (Lipinski definition) is 5. The second-order valence-corrected chi connectivity index (χ2v) is 7.88. The monoisotopic (exact) mass is 384 g/mol. The van der Waals surface area contributed by atoms with Gasteiger partial charge in [-0.2, -0.15) is 5.10 Å². The number of aryl methyl sites for hydroxylation is 1. The van der Waals surface area contributed by atoms with Gasteiger partial charge in [-0.25, -0.2) is 4.68 Å². The van der Waals surface area contributed by atoms with Gasteiger partial charge in [0.2, 0.25) is 5.91 Å². The number of methoxy groups -OCH3 is 2. The Bertz CT molecular complexity index is 871. The van der Waals surface area contributed by atoms with Gasteiger partial charge >= 0.3 is 0 Å². The van der Waals surface area contributed by atoms with E-state index in [4.69, 9.17) is 9.47 Å². The molecule has 1 saturated heterocycles. The van der Waals surface area contributed by atoms with E-state index < -0.39 is 0 Å². The first-order chi connectivity index (χ1) is 13.6. The van der Waals surface area contributed by atoms with Crippen LogP contribution in [0.5, 0.6) is 11.5 Å². The summed E-state index contributed by atoms with van der Waals surface area (Å²) in [5, 5.41) is 11.0. The van der Waals surface area contributed by atoms with Crippen molar-refractivity contribution in [1.82, 2.24) is 15.1 Å². The van der Waals surface area contributed by atoms with Crippen molar-refractivity contribution in [2.75, 3.05) is 32.6 Å². The van der Waals surface area contributed by atoms with Crippen LogP contribution in [0.2, 0.25) is 0 Å². The van der Waals surface area contributed by atoms with Crippen molar-refractivity contribution in [1.29, 1.82) is 0 Å². The maximum atomic E-state index is 12.9. The molecule has 7 nitrogen and oxygen atoms in total. The molecule has 1 aromatic heterocycles. The molecule has 2 N–H and O–H groups in total. The molecule has 1 saturated carbocycles. The summed E-state index contributed by atoms with van der Waals surface area (Å²) in [5.74, 6) is 2.39. The minimum absolute atomic E-state index is 0.124. The van der Waals surface area contributed by atoms with Crippen molar-refractivity contribution in [3.63, 3.8) is 0 Å². The molecule has 7 heteroatoms. The zero-order valence-electron chi connectivity index (χ0n) is 16.7. The second-order valence-electron chi connectivity index (χ2n) is 7.88. The average molecular weight is 384 g/mol. The van der Waals surface area contributed by atoms with Gasteiger partial charge < -0.3 is 20.1 Å². The molecule has 0 bridgehead atoms. The van der Waals surface area contributed by atoms with E-state index >= 15 is 0 Å². The fourth-order valence-corrected chi connectivity index (χ4v) is 4.31. The molecule has 1 aliphatic heterocycles. The van der Waals surface area contributed by atoms with Crippen LogP contribution in [0.4, 0.5) is 5.82 Å². The standard InChI is InChI=1S/C21H28N4O3/c1-14-12-23-25(13-15-4-5-17(27-2)18(10-15)28-3)19(14)24-20(26)16-11-21(16)6-8-22-9-7-21/h4-5,10,12,16,22H,6-9,11,13H2,1-3H3,(H,24,26). The van der Waals surface area contributed by atoms with Crippen LogP contribution in [0.3, 0.4) is 0 Å². The normalized spacial score (nSPS) is 20.0. The summed E-state index contributed by atoms with van der Waals surface area (Å²) >= 11 is 0. The van der Waals surface area contributed by atoms with Gasteiger partial charge in [-0.05, 0) is 62.4 Å². The lowest BCUT2D eigenvalue weighted by Gasteiger charge is -2.23. The van der Waals surface area contributed by atoms with Crippen LogP contribution >= 0.6 is 0 Å². The van der Waals surface area contributed by atoms with E-state index in [1.54, 1.807) is 20.4 Å². The first kappa shape index (κ1) is 18.8.